The van der Waals surface area contributed by atoms with Crippen LogP contribution in [0.3, 0.4) is 0 Å². The first-order valence-corrected chi connectivity index (χ1v) is 8.99. The van der Waals surface area contributed by atoms with Crippen molar-refractivity contribution in [2.75, 3.05) is 6.54 Å². The topological polar surface area (TPSA) is 75.5 Å². The fourth-order valence-corrected chi connectivity index (χ4v) is 3.47. The molecule has 140 valence electrons. The number of nitrogens with zero attached hydrogens (tertiary/aromatic N) is 2. The number of hydrogen-bond acceptors (Lipinski definition) is 3. The van der Waals surface area contributed by atoms with Gasteiger partial charge < -0.3 is 10.6 Å². The van der Waals surface area contributed by atoms with Crippen LogP contribution >= 0.6 is 0 Å². The van der Waals surface area contributed by atoms with Crippen LogP contribution in [-0.4, -0.2) is 40.2 Å². The highest BCUT2D eigenvalue weighted by Gasteiger charge is 2.48. The van der Waals surface area contributed by atoms with Crippen LogP contribution in [0.15, 0.2) is 30.6 Å². The maximum Gasteiger partial charge on any atom is 0.255 e. The van der Waals surface area contributed by atoms with Crippen molar-refractivity contribution in [3.63, 3.8) is 0 Å². The van der Waals surface area contributed by atoms with E-state index in [1.54, 1.807) is 23.8 Å². The van der Waals surface area contributed by atoms with Gasteiger partial charge in [0.2, 0.25) is 0 Å². The zero-order chi connectivity index (χ0) is 18.9. The maximum atomic E-state index is 13.3. The quantitative estimate of drug-likeness (QED) is 0.830. The Labute approximate surface area is 152 Å². The number of aromatic nitrogens is 2. The Kier molecular flexibility index (Phi) is 4.98. The van der Waals surface area contributed by atoms with Gasteiger partial charge in [0.25, 0.3) is 11.8 Å². The van der Waals surface area contributed by atoms with Crippen LogP contribution in [0.5, 0.6) is 0 Å². The molecule has 2 aromatic heterocycles. The lowest BCUT2D eigenvalue weighted by molar-refractivity contribution is -0.127. The molecule has 0 radical (unpaired) electrons. The van der Waals surface area contributed by atoms with Crippen LogP contribution in [0.2, 0.25) is 0 Å². The van der Waals surface area contributed by atoms with E-state index in [2.05, 4.69) is 29.6 Å². The number of rotatable bonds is 6. The molecule has 2 heterocycles. The summed E-state index contributed by atoms with van der Waals surface area (Å²) in [5, 5.41) is 9.94. The van der Waals surface area contributed by atoms with Crippen molar-refractivity contribution in [1.82, 2.24) is 20.2 Å². The number of nitrogens with one attached hydrogen (secondary N) is 2. The molecule has 3 unspecified atom stereocenters. The smallest absolute Gasteiger partial charge is 0.255 e. The van der Waals surface area contributed by atoms with Gasteiger partial charge in [-0.05, 0) is 36.3 Å². The Balaban J connectivity index is 1.58. The predicted octanol–water partition coefficient (Wildman–Crippen LogP) is 2.34. The summed E-state index contributed by atoms with van der Waals surface area (Å²) >= 11 is 0. The van der Waals surface area contributed by atoms with Gasteiger partial charge in [0.05, 0.1) is 17.3 Å². The van der Waals surface area contributed by atoms with E-state index in [0.717, 1.165) is 11.9 Å². The molecule has 3 atom stereocenters. The molecule has 7 heteroatoms. The number of hydrogen-bond donors (Lipinski definition) is 2. The summed E-state index contributed by atoms with van der Waals surface area (Å²) in [5.74, 6) is -0.506. The molecule has 2 N–H and O–H groups in total. The molecule has 0 aliphatic heterocycles. The van der Waals surface area contributed by atoms with Crippen LogP contribution in [0.25, 0.3) is 5.52 Å². The van der Waals surface area contributed by atoms with E-state index in [1.165, 1.54) is 0 Å². The minimum absolute atomic E-state index is 0.00270. The largest absolute Gasteiger partial charge is 0.353 e. The standard InChI is InChI=1S/C19H25FN4O2/c1-4-14(20)18(26)21-10-12-9-16(19(12,2)3)23-17(25)13-11-22-24-8-6-5-7-15(13)24/h5-8,11-12,14,16H,4,9-10H2,1-3H3,(H,21,26)(H,23,25). The molecule has 1 fully saturated rings. The van der Waals surface area contributed by atoms with Crippen molar-refractivity contribution >= 4 is 17.3 Å². The van der Waals surface area contributed by atoms with Gasteiger partial charge in [-0.3, -0.25) is 9.59 Å². The number of halogens is 1. The molecule has 26 heavy (non-hydrogen) atoms. The van der Waals surface area contributed by atoms with Crippen molar-refractivity contribution in [2.24, 2.45) is 11.3 Å². The third-order valence-corrected chi connectivity index (χ3v) is 5.61. The highest BCUT2D eigenvalue weighted by atomic mass is 19.1. The average molecular weight is 360 g/mol. The van der Waals surface area contributed by atoms with E-state index in [0.29, 0.717) is 12.1 Å². The fraction of sp³-hybridized carbons (Fsp3) is 0.526. The van der Waals surface area contributed by atoms with E-state index < -0.39 is 12.1 Å². The molecule has 0 aromatic carbocycles. The molecule has 0 spiro atoms. The van der Waals surface area contributed by atoms with Gasteiger partial charge in [-0.25, -0.2) is 8.91 Å². The number of amides is 2. The second-order valence-corrected chi connectivity index (χ2v) is 7.49. The minimum Gasteiger partial charge on any atom is -0.353 e. The van der Waals surface area contributed by atoms with Gasteiger partial charge in [-0.2, -0.15) is 5.10 Å². The third kappa shape index (κ3) is 3.30. The maximum absolute atomic E-state index is 13.3. The number of carbonyl (C=O) groups is 2. The van der Waals surface area contributed by atoms with Crippen LogP contribution < -0.4 is 10.6 Å². The summed E-state index contributed by atoms with van der Waals surface area (Å²) in [7, 11) is 0. The van der Waals surface area contributed by atoms with E-state index in [9.17, 15) is 14.0 Å². The average Bonchev–Trinajstić information content (AvgIpc) is 3.07. The first-order valence-electron chi connectivity index (χ1n) is 8.99. The van der Waals surface area contributed by atoms with Gasteiger partial charge in [0.1, 0.15) is 0 Å². The highest BCUT2D eigenvalue weighted by Crippen LogP contribution is 2.46. The number of alkyl halides is 1. The van der Waals surface area contributed by atoms with E-state index in [4.69, 9.17) is 0 Å². The molecular weight excluding hydrogens is 335 g/mol. The molecule has 2 amide bonds. The zero-order valence-corrected chi connectivity index (χ0v) is 15.3. The van der Waals surface area contributed by atoms with Crippen molar-refractivity contribution in [3.8, 4) is 0 Å². The molecule has 1 aliphatic rings. The van der Waals surface area contributed by atoms with Crippen molar-refractivity contribution in [3.05, 3.63) is 36.2 Å². The second kappa shape index (κ2) is 7.05. The van der Waals surface area contributed by atoms with E-state index in [1.807, 2.05) is 18.2 Å². The normalized spacial score (nSPS) is 22.5. The lowest BCUT2D eigenvalue weighted by Crippen LogP contribution is -2.61. The summed E-state index contributed by atoms with van der Waals surface area (Å²) < 4.78 is 15.0. The molecule has 6 nitrogen and oxygen atoms in total. The number of fused-ring (bicyclic) bond motifs is 1. The van der Waals surface area contributed by atoms with Gasteiger partial charge in [0, 0.05) is 18.8 Å². The minimum atomic E-state index is -1.45. The lowest BCUT2D eigenvalue weighted by atomic mass is 9.58. The van der Waals surface area contributed by atoms with Crippen LogP contribution in [-0.2, 0) is 4.79 Å². The molecule has 0 bridgehead atoms. The van der Waals surface area contributed by atoms with E-state index in [-0.39, 0.29) is 29.7 Å². The van der Waals surface area contributed by atoms with Crippen molar-refractivity contribution < 1.29 is 14.0 Å². The van der Waals surface area contributed by atoms with Gasteiger partial charge >= 0.3 is 0 Å². The van der Waals surface area contributed by atoms with Crippen molar-refractivity contribution in [2.45, 2.75) is 45.8 Å². The first kappa shape index (κ1) is 18.4. The van der Waals surface area contributed by atoms with Crippen LogP contribution in [0, 0.1) is 11.3 Å². The summed E-state index contributed by atoms with van der Waals surface area (Å²) in [6.07, 6.45) is 2.84. The second-order valence-electron chi connectivity index (χ2n) is 7.49. The van der Waals surface area contributed by atoms with E-state index >= 15 is 0 Å². The Morgan fingerprint density at radius 1 is 1.42 bits per heavy atom. The molecular formula is C19H25FN4O2. The van der Waals surface area contributed by atoms with Crippen LogP contribution in [0.1, 0.15) is 44.0 Å². The summed E-state index contributed by atoms with van der Waals surface area (Å²) in [5.41, 5.74) is 1.13. The number of pyridine rings is 1. The van der Waals surface area contributed by atoms with Crippen molar-refractivity contribution in [1.29, 1.82) is 0 Å². The number of carbonyl (C=O) groups excluding carboxylic acids is 2. The Hall–Kier alpha value is -2.44. The Morgan fingerprint density at radius 2 is 2.19 bits per heavy atom. The molecule has 0 saturated heterocycles. The van der Waals surface area contributed by atoms with Gasteiger partial charge in [0.15, 0.2) is 6.17 Å². The molecule has 1 aliphatic carbocycles. The summed E-state index contributed by atoms with van der Waals surface area (Å²) in [4.78, 5) is 24.2. The zero-order valence-electron chi connectivity index (χ0n) is 15.3. The SMILES string of the molecule is CCC(F)C(=O)NCC1CC(NC(=O)c2cnn3ccccc23)C1(C)C. The fourth-order valence-electron chi connectivity index (χ4n) is 3.47. The molecule has 1 saturated carbocycles. The first-order chi connectivity index (χ1) is 12.3. The predicted molar refractivity (Wildman–Crippen MR) is 96.5 cm³/mol. The van der Waals surface area contributed by atoms with Gasteiger partial charge in [-0.15, -0.1) is 0 Å². The monoisotopic (exact) mass is 360 g/mol. The Morgan fingerprint density at radius 3 is 2.88 bits per heavy atom. The Bertz CT molecular complexity index is 817. The highest BCUT2D eigenvalue weighted by molar-refractivity contribution is 6.00. The van der Waals surface area contributed by atoms with Gasteiger partial charge in [-0.1, -0.05) is 26.8 Å². The molecule has 2 aromatic rings. The third-order valence-electron chi connectivity index (χ3n) is 5.61. The molecule has 3 rings (SSSR count). The lowest BCUT2D eigenvalue weighted by Gasteiger charge is -2.52. The summed E-state index contributed by atoms with van der Waals surface area (Å²) in [6, 6.07) is 5.58. The summed E-state index contributed by atoms with van der Waals surface area (Å²) in [6.45, 7) is 6.18. The van der Waals surface area contributed by atoms with Crippen LogP contribution in [0.4, 0.5) is 4.39 Å².